The van der Waals surface area contributed by atoms with Gasteiger partial charge in [-0.3, -0.25) is 15.5 Å². The molecule has 0 fully saturated rings. The van der Waals surface area contributed by atoms with E-state index in [1.165, 1.54) is 13.0 Å². The summed E-state index contributed by atoms with van der Waals surface area (Å²) in [4.78, 5) is 30.5. The highest BCUT2D eigenvalue weighted by Gasteiger charge is 2.42. The van der Waals surface area contributed by atoms with Gasteiger partial charge in [0.05, 0.1) is 18.0 Å². The molecule has 0 saturated carbocycles. The molecule has 0 bridgehead atoms. The first-order valence-electron chi connectivity index (χ1n) is 8.11. The van der Waals surface area contributed by atoms with Crippen molar-refractivity contribution in [2.24, 2.45) is 10.7 Å². The Labute approximate surface area is 150 Å². The Kier molecular flexibility index (Phi) is 4.56. The Morgan fingerprint density at radius 2 is 1.81 bits per heavy atom. The Morgan fingerprint density at radius 3 is 2.46 bits per heavy atom. The van der Waals surface area contributed by atoms with E-state index < -0.39 is 23.5 Å². The van der Waals surface area contributed by atoms with E-state index in [1.54, 1.807) is 49.4 Å². The number of halogens is 1. The second-order valence-electron chi connectivity index (χ2n) is 5.94. The minimum absolute atomic E-state index is 0.0904. The van der Waals surface area contributed by atoms with Gasteiger partial charge in [0.25, 0.3) is 5.91 Å². The molecule has 134 valence electrons. The molecule has 2 aromatic rings. The first-order valence-corrected chi connectivity index (χ1v) is 8.11. The zero-order valence-electron chi connectivity index (χ0n) is 14.4. The van der Waals surface area contributed by atoms with Gasteiger partial charge in [-0.05, 0) is 32.0 Å². The molecule has 1 aliphatic rings. The van der Waals surface area contributed by atoms with E-state index >= 15 is 0 Å². The molecule has 2 amide bonds. The molecular weight excluding hydrogens is 337 g/mol. The Hall–Kier alpha value is -3.06. The van der Waals surface area contributed by atoms with Gasteiger partial charge in [-0.2, -0.15) is 0 Å². The lowest BCUT2D eigenvalue weighted by Crippen LogP contribution is -2.53. The molecule has 7 heteroatoms. The molecule has 2 aromatic carbocycles. The lowest BCUT2D eigenvalue weighted by molar-refractivity contribution is -0.122. The molecule has 3 rings (SSSR count). The van der Waals surface area contributed by atoms with Crippen LogP contribution in [0.25, 0.3) is 0 Å². The number of imide groups is 1. The lowest BCUT2D eigenvalue weighted by atomic mass is 10.00. The van der Waals surface area contributed by atoms with Crippen molar-refractivity contribution in [1.82, 2.24) is 0 Å². The van der Waals surface area contributed by atoms with Crippen molar-refractivity contribution in [2.75, 3.05) is 11.5 Å². The van der Waals surface area contributed by atoms with Gasteiger partial charge >= 0.3 is 6.09 Å². The normalized spacial score (nSPS) is 19.5. The third-order valence-electron chi connectivity index (χ3n) is 3.96. The van der Waals surface area contributed by atoms with Crippen LogP contribution in [0.5, 0.6) is 0 Å². The van der Waals surface area contributed by atoms with Gasteiger partial charge in [0.15, 0.2) is 5.66 Å². The Bertz CT molecular complexity index is 908. The summed E-state index contributed by atoms with van der Waals surface area (Å²) >= 11 is 0. The SMILES string of the molecule is CCOC(=O)N1C(=O)C(C)(N)N=C(c2ccccc2F)c2ccccc21. The lowest BCUT2D eigenvalue weighted by Gasteiger charge is -2.25. The number of aliphatic imine (C=N–C) groups is 1. The molecule has 1 aliphatic heterocycles. The molecule has 0 spiro atoms. The van der Waals surface area contributed by atoms with Crippen LogP contribution in [-0.4, -0.2) is 30.0 Å². The van der Waals surface area contributed by atoms with Crippen molar-refractivity contribution in [3.63, 3.8) is 0 Å². The molecule has 0 aliphatic carbocycles. The van der Waals surface area contributed by atoms with Gasteiger partial charge in [0.2, 0.25) is 0 Å². The average molecular weight is 355 g/mol. The first-order chi connectivity index (χ1) is 12.4. The summed E-state index contributed by atoms with van der Waals surface area (Å²) in [6.45, 7) is 3.09. The minimum atomic E-state index is -1.77. The number of nitrogens with zero attached hydrogens (tertiary/aromatic N) is 2. The van der Waals surface area contributed by atoms with Gasteiger partial charge in [0, 0.05) is 11.1 Å². The van der Waals surface area contributed by atoms with Crippen LogP contribution >= 0.6 is 0 Å². The number of hydrogen-bond donors (Lipinski definition) is 1. The fourth-order valence-corrected chi connectivity index (χ4v) is 2.77. The number of benzodiazepines with no additional fused rings is 1. The van der Waals surface area contributed by atoms with Crippen molar-refractivity contribution in [3.05, 3.63) is 65.5 Å². The third kappa shape index (κ3) is 2.97. The number of fused-ring (bicyclic) bond motifs is 1. The van der Waals surface area contributed by atoms with Crippen LogP contribution in [0.1, 0.15) is 25.0 Å². The molecule has 0 aromatic heterocycles. The number of anilines is 1. The highest BCUT2D eigenvalue weighted by atomic mass is 19.1. The molecule has 1 unspecified atom stereocenters. The molecule has 1 heterocycles. The third-order valence-corrected chi connectivity index (χ3v) is 3.96. The first kappa shape index (κ1) is 17.8. The summed E-state index contributed by atoms with van der Waals surface area (Å²) in [6, 6.07) is 12.7. The Morgan fingerprint density at radius 1 is 1.19 bits per heavy atom. The van der Waals surface area contributed by atoms with E-state index in [9.17, 15) is 14.0 Å². The smallest absolute Gasteiger partial charge is 0.421 e. The zero-order chi connectivity index (χ0) is 18.9. The van der Waals surface area contributed by atoms with E-state index in [1.807, 2.05) is 0 Å². The highest BCUT2D eigenvalue weighted by molar-refractivity contribution is 6.25. The van der Waals surface area contributed by atoms with E-state index in [0.29, 0.717) is 5.56 Å². The number of hydrogen-bond acceptors (Lipinski definition) is 5. The molecule has 1 atom stereocenters. The number of amides is 2. The largest absolute Gasteiger partial charge is 0.449 e. The number of para-hydroxylation sites is 1. The summed E-state index contributed by atoms with van der Waals surface area (Å²) < 4.78 is 19.4. The predicted molar refractivity (Wildman–Crippen MR) is 95.6 cm³/mol. The second kappa shape index (κ2) is 6.68. The van der Waals surface area contributed by atoms with Crippen LogP contribution in [-0.2, 0) is 9.53 Å². The number of rotatable bonds is 2. The molecule has 0 saturated heterocycles. The van der Waals surface area contributed by atoms with Crippen molar-refractivity contribution in [2.45, 2.75) is 19.5 Å². The number of ether oxygens (including phenoxy) is 1. The number of benzene rings is 2. The van der Waals surface area contributed by atoms with Crippen molar-refractivity contribution in [1.29, 1.82) is 0 Å². The summed E-state index contributed by atoms with van der Waals surface area (Å²) in [6.07, 6.45) is -0.855. The average Bonchev–Trinajstić information content (AvgIpc) is 2.69. The van der Waals surface area contributed by atoms with E-state index in [0.717, 1.165) is 4.90 Å². The maximum Gasteiger partial charge on any atom is 0.421 e. The topological polar surface area (TPSA) is 85.0 Å². The van der Waals surface area contributed by atoms with Crippen molar-refractivity contribution >= 4 is 23.4 Å². The second-order valence-corrected chi connectivity index (χ2v) is 5.94. The van der Waals surface area contributed by atoms with Crippen molar-refractivity contribution in [3.8, 4) is 0 Å². The van der Waals surface area contributed by atoms with Gasteiger partial charge in [-0.1, -0.05) is 30.3 Å². The number of carbonyl (C=O) groups excluding carboxylic acids is 2. The number of carbonyl (C=O) groups is 2. The molecule has 2 N–H and O–H groups in total. The van der Waals surface area contributed by atoms with Crippen LogP contribution in [0.3, 0.4) is 0 Å². The summed E-state index contributed by atoms with van der Waals surface area (Å²) in [5, 5.41) is 0. The predicted octanol–water partition coefficient (Wildman–Crippen LogP) is 2.84. The molecule has 26 heavy (non-hydrogen) atoms. The quantitative estimate of drug-likeness (QED) is 0.898. The fraction of sp³-hybridized carbons (Fsp3) is 0.211. The minimum Gasteiger partial charge on any atom is -0.449 e. The van der Waals surface area contributed by atoms with Crippen LogP contribution in [0, 0.1) is 5.82 Å². The monoisotopic (exact) mass is 355 g/mol. The standard InChI is InChI=1S/C19H18FN3O3/c1-3-26-18(25)23-15-11-7-5-9-13(15)16(22-19(2,21)17(23)24)12-8-4-6-10-14(12)20/h4-11H,3,21H2,1-2H3. The van der Waals surface area contributed by atoms with Gasteiger partial charge in [0.1, 0.15) is 5.82 Å². The Balaban J connectivity index is 2.29. The number of nitrogens with two attached hydrogens (primary N) is 1. The van der Waals surface area contributed by atoms with Crippen LogP contribution < -0.4 is 10.6 Å². The molecular formula is C19H18FN3O3. The van der Waals surface area contributed by atoms with Gasteiger partial charge in [-0.25, -0.2) is 14.1 Å². The summed E-state index contributed by atoms with van der Waals surface area (Å²) in [7, 11) is 0. The summed E-state index contributed by atoms with van der Waals surface area (Å²) in [5.74, 6) is -1.26. The van der Waals surface area contributed by atoms with E-state index in [-0.39, 0.29) is 23.6 Å². The fourth-order valence-electron chi connectivity index (χ4n) is 2.77. The van der Waals surface area contributed by atoms with Gasteiger partial charge in [-0.15, -0.1) is 0 Å². The molecule has 6 nitrogen and oxygen atoms in total. The van der Waals surface area contributed by atoms with Crippen LogP contribution in [0.2, 0.25) is 0 Å². The molecule has 0 radical (unpaired) electrons. The zero-order valence-corrected chi connectivity index (χ0v) is 14.4. The van der Waals surface area contributed by atoms with Crippen LogP contribution in [0.4, 0.5) is 14.9 Å². The van der Waals surface area contributed by atoms with Crippen LogP contribution in [0.15, 0.2) is 53.5 Å². The maximum absolute atomic E-state index is 14.4. The van der Waals surface area contributed by atoms with Gasteiger partial charge < -0.3 is 4.74 Å². The van der Waals surface area contributed by atoms with E-state index in [2.05, 4.69) is 4.99 Å². The van der Waals surface area contributed by atoms with E-state index in [4.69, 9.17) is 10.5 Å². The van der Waals surface area contributed by atoms with Crippen molar-refractivity contribution < 1.29 is 18.7 Å². The maximum atomic E-state index is 14.4. The highest BCUT2D eigenvalue weighted by Crippen LogP contribution is 2.31. The summed E-state index contributed by atoms with van der Waals surface area (Å²) in [5.41, 5.74) is 5.36.